The summed E-state index contributed by atoms with van der Waals surface area (Å²) in [6.45, 7) is 0. The molecule has 0 aromatic heterocycles. The topological polar surface area (TPSA) is 129 Å². The highest BCUT2D eigenvalue weighted by Gasteiger charge is 2.40. The van der Waals surface area contributed by atoms with Crippen LogP contribution in [-0.2, 0) is 14.4 Å². The van der Waals surface area contributed by atoms with Crippen molar-refractivity contribution < 1.29 is 14.4 Å². The molecule has 0 aromatic carbocycles. The van der Waals surface area contributed by atoms with Crippen LogP contribution in [0.2, 0.25) is 0 Å². The molecule has 1 aliphatic carbocycles. The van der Waals surface area contributed by atoms with Gasteiger partial charge in [0, 0.05) is 19.3 Å². The summed E-state index contributed by atoms with van der Waals surface area (Å²) in [5.74, 6) is -2.40. The Bertz CT molecular complexity index is 278. The molecule has 0 saturated heterocycles. The van der Waals surface area contributed by atoms with Gasteiger partial charge in [0.15, 0.2) is 0 Å². The fraction of sp³-hybridized carbons (Fsp3) is 0.625. The van der Waals surface area contributed by atoms with Gasteiger partial charge in [-0.1, -0.05) is 0 Å². The van der Waals surface area contributed by atoms with E-state index in [2.05, 4.69) is 0 Å². The van der Waals surface area contributed by atoms with Crippen molar-refractivity contribution in [2.24, 2.45) is 23.1 Å². The number of carbonyl (C=O) groups excluding carboxylic acids is 3. The van der Waals surface area contributed by atoms with Gasteiger partial charge in [0.1, 0.15) is 11.6 Å². The van der Waals surface area contributed by atoms with E-state index in [-0.39, 0.29) is 19.3 Å². The van der Waals surface area contributed by atoms with Crippen LogP contribution in [0.5, 0.6) is 0 Å². The predicted molar refractivity (Wildman–Crippen MR) is 47.7 cm³/mol. The lowest BCUT2D eigenvalue weighted by Crippen LogP contribution is -2.58. The quantitative estimate of drug-likeness (QED) is 0.350. The number of amides is 1. The molecule has 0 atom stereocenters. The molecule has 0 spiro atoms. The number of rotatable bonds is 2. The average molecular weight is 199 g/mol. The second-order valence-electron chi connectivity index (χ2n) is 3.74. The van der Waals surface area contributed by atoms with Crippen LogP contribution in [0, 0.1) is 5.92 Å². The van der Waals surface area contributed by atoms with E-state index in [4.69, 9.17) is 17.2 Å². The van der Waals surface area contributed by atoms with Crippen molar-refractivity contribution in [1.29, 1.82) is 0 Å². The average Bonchev–Trinajstić information content (AvgIpc) is 1.94. The number of carbonyl (C=O) groups is 3. The van der Waals surface area contributed by atoms with Crippen LogP contribution in [0.15, 0.2) is 0 Å². The van der Waals surface area contributed by atoms with E-state index in [0.717, 1.165) is 0 Å². The highest BCUT2D eigenvalue weighted by Crippen LogP contribution is 2.23. The number of hydrogen-bond acceptors (Lipinski definition) is 5. The van der Waals surface area contributed by atoms with Gasteiger partial charge in [-0.3, -0.25) is 14.4 Å². The molecular formula is C8H13N3O3. The molecule has 1 amide bonds. The van der Waals surface area contributed by atoms with Crippen LogP contribution >= 0.6 is 0 Å². The Hall–Kier alpha value is -1.27. The normalized spacial score (nSPS) is 22.4. The smallest absolute Gasteiger partial charge is 0.218 e. The molecule has 0 aliphatic heterocycles. The highest BCUT2D eigenvalue weighted by atomic mass is 16.2. The van der Waals surface area contributed by atoms with E-state index in [0.29, 0.717) is 0 Å². The van der Waals surface area contributed by atoms with Crippen molar-refractivity contribution in [3.8, 4) is 0 Å². The Balaban J connectivity index is 2.76. The first-order chi connectivity index (χ1) is 6.32. The molecule has 1 aliphatic rings. The number of Topliss-reactive ketones (excluding diaryl/α,β-unsaturated/α-hetero) is 2. The van der Waals surface area contributed by atoms with Crippen molar-refractivity contribution in [3.05, 3.63) is 0 Å². The molecule has 0 bridgehead atoms. The van der Waals surface area contributed by atoms with E-state index in [1.165, 1.54) is 0 Å². The summed E-state index contributed by atoms with van der Waals surface area (Å²) in [5, 5.41) is 0. The first kappa shape index (κ1) is 10.8. The van der Waals surface area contributed by atoms with Crippen molar-refractivity contribution in [1.82, 2.24) is 0 Å². The van der Waals surface area contributed by atoms with Crippen molar-refractivity contribution >= 4 is 17.5 Å². The van der Waals surface area contributed by atoms with Gasteiger partial charge in [-0.2, -0.15) is 0 Å². The van der Waals surface area contributed by atoms with Crippen LogP contribution in [-0.4, -0.2) is 23.1 Å². The molecule has 1 fully saturated rings. The first-order valence-corrected chi connectivity index (χ1v) is 4.23. The Morgan fingerprint density at radius 3 is 2.07 bits per heavy atom. The minimum absolute atomic E-state index is 0.0866. The molecule has 0 aromatic rings. The second-order valence-corrected chi connectivity index (χ2v) is 3.74. The van der Waals surface area contributed by atoms with Gasteiger partial charge in [-0.05, 0) is 0 Å². The Labute approximate surface area is 80.8 Å². The third kappa shape index (κ3) is 2.36. The molecule has 6 heteroatoms. The summed E-state index contributed by atoms with van der Waals surface area (Å²) in [6, 6.07) is 0. The number of primary amides is 1. The lowest BCUT2D eigenvalue weighted by Gasteiger charge is -2.31. The lowest BCUT2D eigenvalue weighted by atomic mass is 9.79. The molecule has 0 radical (unpaired) electrons. The van der Waals surface area contributed by atoms with Gasteiger partial charge in [0.25, 0.3) is 0 Å². The Morgan fingerprint density at radius 2 is 1.71 bits per heavy atom. The molecule has 78 valence electrons. The summed E-state index contributed by atoms with van der Waals surface area (Å²) in [7, 11) is 0. The van der Waals surface area contributed by atoms with Gasteiger partial charge in [0.05, 0.1) is 11.6 Å². The molecule has 1 saturated carbocycles. The third-order valence-corrected chi connectivity index (χ3v) is 2.19. The van der Waals surface area contributed by atoms with Gasteiger partial charge in [-0.15, -0.1) is 0 Å². The maximum Gasteiger partial charge on any atom is 0.218 e. The van der Waals surface area contributed by atoms with Crippen LogP contribution in [0.3, 0.4) is 0 Å². The molecule has 0 unspecified atom stereocenters. The minimum atomic E-state index is -1.26. The van der Waals surface area contributed by atoms with E-state index < -0.39 is 29.1 Å². The molecule has 1 rings (SSSR count). The summed E-state index contributed by atoms with van der Waals surface area (Å²) in [6.07, 6.45) is -0.416. The van der Waals surface area contributed by atoms with Gasteiger partial charge in [-0.25, -0.2) is 0 Å². The van der Waals surface area contributed by atoms with Gasteiger partial charge < -0.3 is 17.2 Å². The highest BCUT2D eigenvalue weighted by molar-refractivity contribution is 6.07. The van der Waals surface area contributed by atoms with Gasteiger partial charge >= 0.3 is 0 Å². The number of ketones is 2. The van der Waals surface area contributed by atoms with Crippen molar-refractivity contribution in [2.45, 2.75) is 24.9 Å². The largest absolute Gasteiger partial charge is 0.370 e. The molecule has 6 nitrogen and oxygen atoms in total. The van der Waals surface area contributed by atoms with Crippen molar-refractivity contribution in [2.75, 3.05) is 0 Å². The molecule has 14 heavy (non-hydrogen) atoms. The van der Waals surface area contributed by atoms with E-state index in [9.17, 15) is 14.4 Å². The SMILES string of the molecule is NC(=O)CC1C(=O)CC(N)(N)CC1=O. The van der Waals surface area contributed by atoms with E-state index in [1.807, 2.05) is 0 Å². The monoisotopic (exact) mass is 199 g/mol. The third-order valence-electron chi connectivity index (χ3n) is 2.19. The summed E-state index contributed by atoms with van der Waals surface area (Å²) < 4.78 is 0. The Kier molecular flexibility index (Phi) is 2.68. The van der Waals surface area contributed by atoms with E-state index >= 15 is 0 Å². The van der Waals surface area contributed by atoms with Crippen LogP contribution in [0.4, 0.5) is 0 Å². The molecule has 0 heterocycles. The predicted octanol–water partition coefficient (Wildman–Crippen LogP) is -1.98. The fourth-order valence-electron chi connectivity index (χ4n) is 1.57. The number of nitrogens with two attached hydrogens (primary N) is 3. The summed E-state index contributed by atoms with van der Waals surface area (Å²) >= 11 is 0. The minimum Gasteiger partial charge on any atom is -0.370 e. The standard InChI is InChI=1S/C8H13N3O3/c9-7(14)1-4-5(12)2-8(10,11)3-6(4)13/h4H,1-3,10-11H2,(H2,9,14). The first-order valence-electron chi connectivity index (χ1n) is 4.23. The summed E-state index contributed by atoms with van der Waals surface area (Å²) in [4.78, 5) is 33.3. The summed E-state index contributed by atoms with van der Waals surface area (Å²) in [5.41, 5.74) is 14.6. The maximum absolute atomic E-state index is 11.4. The molecule has 6 N–H and O–H groups in total. The van der Waals surface area contributed by atoms with Crippen LogP contribution in [0.25, 0.3) is 0 Å². The zero-order valence-corrected chi connectivity index (χ0v) is 7.66. The van der Waals surface area contributed by atoms with Gasteiger partial charge in [0.2, 0.25) is 5.91 Å². The maximum atomic E-state index is 11.4. The number of hydrogen-bond donors (Lipinski definition) is 3. The van der Waals surface area contributed by atoms with Crippen molar-refractivity contribution in [3.63, 3.8) is 0 Å². The zero-order chi connectivity index (χ0) is 10.9. The van der Waals surface area contributed by atoms with Crippen LogP contribution < -0.4 is 17.2 Å². The molecular weight excluding hydrogens is 186 g/mol. The fourth-order valence-corrected chi connectivity index (χ4v) is 1.57. The zero-order valence-electron chi connectivity index (χ0n) is 7.66. The second kappa shape index (κ2) is 3.47. The Morgan fingerprint density at radius 1 is 1.29 bits per heavy atom. The lowest BCUT2D eigenvalue weighted by molar-refractivity contribution is -0.140. The van der Waals surface area contributed by atoms with Crippen LogP contribution in [0.1, 0.15) is 19.3 Å². The van der Waals surface area contributed by atoms with E-state index in [1.54, 1.807) is 0 Å².